The van der Waals surface area contributed by atoms with Crippen molar-refractivity contribution >= 4 is 11.3 Å². The zero-order chi connectivity index (χ0) is 17.4. The lowest BCUT2D eigenvalue weighted by Crippen LogP contribution is -2.04. The van der Waals surface area contributed by atoms with Gasteiger partial charge in [-0.05, 0) is 28.7 Å². The highest BCUT2D eigenvalue weighted by atomic mass is 14.8. The molecule has 0 saturated heterocycles. The van der Waals surface area contributed by atoms with E-state index in [4.69, 9.17) is 0 Å². The van der Waals surface area contributed by atoms with Crippen molar-refractivity contribution in [1.29, 1.82) is 0 Å². The molecular weight excluding hydrogens is 290 g/mol. The summed E-state index contributed by atoms with van der Waals surface area (Å²) in [5.41, 5.74) is 6.85. The van der Waals surface area contributed by atoms with E-state index >= 15 is 0 Å². The Morgan fingerprint density at radius 1 is 1.00 bits per heavy atom. The SMILES string of the molecule is C=C/C=C\C(=C/CC)c1ccccc1-c1ccccc1C(=C)NC. The fourth-order valence-electron chi connectivity index (χ4n) is 2.74. The molecule has 2 aromatic rings. The molecule has 0 aromatic heterocycles. The number of hydrogen-bond acceptors (Lipinski definition) is 1. The number of nitrogens with one attached hydrogen (secondary N) is 1. The quantitative estimate of drug-likeness (QED) is 0.611. The van der Waals surface area contributed by atoms with Crippen LogP contribution < -0.4 is 5.32 Å². The van der Waals surface area contributed by atoms with Gasteiger partial charge in [0.25, 0.3) is 0 Å². The van der Waals surface area contributed by atoms with Crippen LogP contribution in [0.25, 0.3) is 22.4 Å². The van der Waals surface area contributed by atoms with Crippen LogP contribution in [0.1, 0.15) is 24.5 Å². The highest BCUT2D eigenvalue weighted by molar-refractivity contribution is 5.89. The van der Waals surface area contributed by atoms with Crippen molar-refractivity contribution < 1.29 is 0 Å². The van der Waals surface area contributed by atoms with E-state index in [1.165, 1.54) is 22.3 Å². The minimum absolute atomic E-state index is 0.919. The van der Waals surface area contributed by atoms with E-state index in [2.05, 4.69) is 80.0 Å². The molecule has 0 heterocycles. The van der Waals surface area contributed by atoms with E-state index in [0.29, 0.717) is 0 Å². The summed E-state index contributed by atoms with van der Waals surface area (Å²) in [5, 5.41) is 3.16. The first-order valence-electron chi connectivity index (χ1n) is 8.28. The van der Waals surface area contributed by atoms with Crippen molar-refractivity contribution in [3.05, 3.63) is 97.1 Å². The molecule has 2 aromatic carbocycles. The Hall–Kier alpha value is -2.80. The molecule has 0 atom stereocenters. The molecule has 0 amide bonds. The second-order valence-corrected chi connectivity index (χ2v) is 5.48. The van der Waals surface area contributed by atoms with Crippen LogP contribution in [0.4, 0.5) is 0 Å². The molecule has 0 aliphatic carbocycles. The van der Waals surface area contributed by atoms with Gasteiger partial charge < -0.3 is 5.32 Å². The number of allylic oxidation sites excluding steroid dienone is 5. The second-order valence-electron chi connectivity index (χ2n) is 5.48. The maximum absolute atomic E-state index is 4.14. The van der Waals surface area contributed by atoms with Gasteiger partial charge in [-0.25, -0.2) is 0 Å². The molecule has 0 saturated carbocycles. The zero-order valence-electron chi connectivity index (χ0n) is 14.5. The first-order valence-corrected chi connectivity index (χ1v) is 8.28. The fourth-order valence-corrected chi connectivity index (χ4v) is 2.74. The molecule has 2 rings (SSSR count). The third-order valence-corrected chi connectivity index (χ3v) is 3.92. The maximum atomic E-state index is 4.14. The van der Waals surface area contributed by atoms with Gasteiger partial charge in [0.2, 0.25) is 0 Å². The molecule has 0 aliphatic rings. The van der Waals surface area contributed by atoms with Gasteiger partial charge >= 0.3 is 0 Å². The Morgan fingerprint density at radius 2 is 1.58 bits per heavy atom. The van der Waals surface area contributed by atoms with Crippen LogP contribution in [0.15, 0.2) is 86.0 Å². The van der Waals surface area contributed by atoms with Gasteiger partial charge in [0.15, 0.2) is 0 Å². The summed E-state index contributed by atoms with van der Waals surface area (Å²) in [6.07, 6.45) is 9.13. The predicted octanol–water partition coefficient (Wildman–Crippen LogP) is 6.08. The Labute approximate surface area is 145 Å². The van der Waals surface area contributed by atoms with Crippen molar-refractivity contribution in [1.82, 2.24) is 5.32 Å². The second kappa shape index (κ2) is 8.73. The minimum Gasteiger partial charge on any atom is -0.388 e. The van der Waals surface area contributed by atoms with Gasteiger partial charge in [-0.1, -0.05) is 92.9 Å². The highest BCUT2D eigenvalue weighted by Crippen LogP contribution is 2.33. The van der Waals surface area contributed by atoms with Crippen LogP contribution in [0.2, 0.25) is 0 Å². The molecule has 0 radical (unpaired) electrons. The van der Waals surface area contributed by atoms with Gasteiger partial charge in [0.05, 0.1) is 0 Å². The van der Waals surface area contributed by atoms with Gasteiger partial charge in [-0.2, -0.15) is 0 Å². The normalized spacial score (nSPS) is 11.5. The molecule has 0 aliphatic heterocycles. The molecule has 1 heteroatoms. The molecule has 0 unspecified atom stereocenters. The lowest BCUT2D eigenvalue weighted by molar-refractivity contribution is 1.13. The largest absolute Gasteiger partial charge is 0.388 e. The Morgan fingerprint density at radius 3 is 2.17 bits per heavy atom. The van der Waals surface area contributed by atoms with E-state index in [9.17, 15) is 0 Å². The van der Waals surface area contributed by atoms with Crippen molar-refractivity contribution in [3.63, 3.8) is 0 Å². The van der Waals surface area contributed by atoms with Crippen molar-refractivity contribution in [3.8, 4) is 11.1 Å². The van der Waals surface area contributed by atoms with Crippen LogP contribution in [0.5, 0.6) is 0 Å². The third kappa shape index (κ3) is 3.94. The molecule has 0 bridgehead atoms. The minimum atomic E-state index is 0.919. The third-order valence-electron chi connectivity index (χ3n) is 3.92. The van der Waals surface area contributed by atoms with Gasteiger partial charge in [-0.15, -0.1) is 0 Å². The average Bonchev–Trinajstić information content (AvgIpc) is 2.64. The van der Waals surface area contributed by atoms with Gasteiger partial charge in [0, 0.05) is 18.3 Å². The lowest BCUT2D eigenvalue weighted by atomic mass is 9.90. The highest BCUT2D eigenvalue weighted by Gasteiger charge is 2.12. The van der Waals surface area contributed by atoms with E-state index in [1.54, 1.807) is 0 Å². The first-order chi connectivity index (χ1) is 11.7. The monoisotopic (exact) mass is 315 g/mol. The molecule has 1 N–H and O–H groups in total. The van der Waals surface area contributed by atoms with Crippen LogP contribution in [0.3, 0.4) is 0 Å². The van der Waals surface area contributed by atoms with Crippen LogP contribution >= 0.6 is 0 Å². The molecule has 24 heavy (non-hydrogen) atoms. The fraction of sp³-hybridized carbons (Fsp3) is 0.130. The summed E-state index contributed by atoms with van der Waals surface area (Å²) in [6.45, 7) is 10.1. The van der Waals surface area contributed by atoms with Gasteiger partial charge in [-0.3, -0.25) is 0 Å². The standard InChI is InChI=1S/C23H25N/c1-5-7-13-19(12-6-2)21-15-9-11-17-23(21)22-16-10-8-14-20(22)18(3)24-4/h5,7-17,24H,1,3,6H2,2,4H3/b13-7-,19-12+. The van der Waals surface area contributed by atoms with Crippen molar-refractivity contribution in [2.45, 2.75) is 13.3 Å². The van der Waals surface area contributed by atoms with E-state index < -0.39 is 0 Å². The maximum Gasteiger partial charge on any atom is 0.0344 e. The molecule has 122 valence electrons. The Bertz CT molecular complexity index is 778. The van der Waals surface area contributed by atoms with E-state index in [1.807, 2.05) is 25.3 Å². The molecule has 1 nitrogen and oxygen atoms in total. The number of rotatable bonds is 7. The molecule has 0 fully saturated rings. The van der Waals surface area contributed by atoms with E-state index in [0.717, 1.165) is 17.7 Å². The summed E-state index contributed by atoms with van der Waals surface area (Å²) in [7, 11) is 1.90. The Kier molecular flexibility index (Phi) is 6.39. The Balaban J connectivity index is 2.66. The van der Waals surface area contributed by atoms with E-state index in [-0.39, 0.29) is 0 Å². The van der Waals surface area contributed by atoms with Crippen LogP contribution in [-0.2, 0) is 0 Å². The summed E-state index contributed by atoms with van der Waals surface area (Å²) in [6, 6.07) is 16.9. The average molecular weight is 315 g/mol. The molecule has 0 spiro atoms. The zero-order valence-corrected chi connectivity index (χ0v) is 14.5. The smallest absolute Gasteiger partial charge is 0.0344 e. The lowest BCUT2D eigenvalue weighted by Gasteiger charge is -2.16. The van der Waals surface area contributed by atoms with Crippen LogP contribution in [0, 0.1) is 0 Å². The number of benzene rings is 2. The number of hydrogen-bond donors (Lipinski definition) is 1. The summed E-state index contributed by atoms with van der Waals surface area (Å²) < 4.78 is 0. The van der Waals surface area contributed by atoms with Crippen molar-refractivity contribution in [2.75, 3.05) is 7.05 Å². The first kappa shape index (κ1) is 17.6. The topological polar surface area (TPSA) is 12.0 Å². The van der Waals surface area contributed by atoms with Gasteiger partial charge in [0.1, 0.15) is 0 Å². The summed E-state index contributed by atoms with van der Waals surface area (Å²) in [5.74, 6) is 0. The predicted molar refractivity (Wildman–Crippen MR) is 108 cm³/mol. The van der Waals surface area contributed by atoms with Crippen molar-refractivity contribution in [2.24, 2.45) is 0 Å². The molecular formula is C23H25N. The summed E-state index contributed by atoms with van der Waals surface area (Å²) >= 11 is 0. The summed E-state index contributed by atoms with van der Waals surface area (Å²) in [4.78, 5) is 0. The van der Waals surface area contributed by atoms with Crippen LogP contribution in [-0.4, -0.2) is 7.05 Å².